The van der Waals surface area contributed by atoms with Gasteiger partial charge in [-0.15, -0.1) is 0 Å². The highest BCUT2D eigenvalue weighted by Crippen LogP contribution is 2.35. The van der Waals surface area contributed by atoms with Crippen LogP contribution < -0.4 is 4.74 Å². The third kappa shape index (κ3) is 1.95. The molecule has 0 aliphatic carbocycles. The lowest BCUT2D eigenvalue weighted by Gasteiger charge is -2.04. The molecule has 1 aromatic heterocycles. The largest absolute Gasteiger partial charge is 0.492 e. The zero-order valence-corrected chi connectivity index (χ0v) is 10.4. The molecule has 0 bridgehead atoms. The number of methoxy groups -OCH3 is 1. The van der Waals surface area contributed by atoms with Gasteiger partial charge in [0.1, 0.15) is 5.76 Å². The van der Waals surface area contributed by atoms with E-state index < -0.39 is 4.92 Å². The zero-order valence-electron chi connectivity index (χ0n) is 10.4. The van der Waals surface area contributed by atoms with Gasteiger partial charge in [0.15, 0.2) is 11.3 Å². The van der Waals surface area contributed by atoms with Gasteiger partial charge in [-0.25, -0.2) is 0 Å². The second kappa shape index (κ2) is 4.52. The van der Waals surface area contributed by atoms with E-state index in [2.05, 4.69) is 0 Å². The Morgan fingerprint density at radius 2 is 2.11 bits per heavy atom. The van der Waals surface area contributed by atoms with E-state index in [1.54, 1.807) is 6.07 Å². The molecule has 1 heterocycles. The highest BCUT2D eigenvalue weighted by Gasteiger charge is 2.14. The summed E-state index contributed by atoms with van der Waals surface area (Å²) in [5.41, 5.74) is 2.29. The first-order chi connectivity index (χ1) is 8.54. The van der Waals surface area contributed by atoms with Gasteiger partial charge in [0.05, 0.1) is 12.0 Å². The molecule has 0 saturated heterocycles. The molecule has 0 amide bonds. The Morgan fingerprint density at radius 1 is 1.39 bits per heavy atom. The lowest BCUT2D eigenvalue weighted by Crippen LogP contribution is -1.89. The van der Waals surface area contributed by atoms with Crippen molar-refractivity contribution >= 4 is 17.0 Å². The van der Waals surface area contributed by atoms with Crippen molar-refractivity contribution in [2.24, 2.45) is 0 Å². The summed E-state index contributed by atoms with van der Waals surface area (Å²) in [4.78, 5) is 9.84. The van der Waals surface area contributed by atoms with Crippen LogP contribution in [-0.4, -0.2) is 12.0 Å². The van der Waals surface area contributed by atoms with E-state index in [9.17, 15) is 10.1 Å². The summed E-state index contributed by atoms with van der Waals surface area (Å²) < 4.78 is 10.9. The third-order valence-corrected chi connectivity index (χ3v) is 2.91. The number of fused-ring (bicyclic) bond motifs is 1. The maximum absolute atomic E-state index is 10.3. The predicted molar refractivity (Wildman–Crippen MR) is 68.3 cm³/mol. The number of nitro groups is 1. The van der Waals surface area contributed by atoms with Crippen LogP contribution in [0.4, 0.5) is 0 Å². The Labute approximate surface area is 104 Å². The fraction of sp³-hybridized carbons (Fsp3) is 0.231. The van der Waals surface area contributed by atoms with Crippen molar-refractivity contribution < 1.29 is 14.1 Å². The van der Waals surface area contributed by atoms with E-state index in [0.717, 1.165) is 22.9 Å². The van der Waals surface area contributed by atoms with Gasteiger partial charge < -0.3 is 9.15 Å². The summed E-state index contributed by atoms with van der Waals surface area (Å²) in [5, 5.41) is 11.3. The first-order valence-corrected chi connectivity index (χ1v) is 5.43. The van der Waals surface area contributed by atoms with Crippen LogP contribution in [0.3, 0.4) is 0 Å². The molecule has 0 spiro atoms. The fourth-order valence-corrected chi connectivity index (χ4v) is 1.88. The molecule has 0 N–H and O–H groups in total. The standard InChI is InChI=1S/C13H13NO4/c1-8-9(2)18-13-11(8)5-4-10(12(13)17-3)6-7-14(15)16/h4-7H,1-3H3/b7-6+. The van der Waals surface area contributed by atoms with E-state index in [-0.39, 0.29) is 0 Å². The molecule has 0 fully saturated rings. The van der Waals surface area contributed by atoms with Crippen molar-refractivity contribution in [3.05, 3.63) is 45.3 Å². The molecule has 94 valence electrons. The number of hydrogen-bond donors (Lipinski definition) is 0. The molecule has 0 radical (unpaired) electrons. The summed E-state index contributed by atoms with van der Waals surface area (Å²) in [7, 11) is 1.52. The molecule has 2 aromatic rings. The van der Waals surface area contributed by atoms with Gasteiger partial charge in [-0.3, -0.25) is 10.1 Å². The van der Waals surface area contributed by atoms with Crippen molar-refractivity contribution in [3.63, 3.8) is 0 Å². The summed E-state index contributed by atoms with van der Waals surface area (Å²) in [6.45, 7) is 3.84. The topological polar surface area (TPSA) is 65.5 Å². The Kier molecular flexibility index (Phi) is 3.06. The second-order valence-electron chi connectivity index (χ2n) is 3.95. The van der Waals surface area contributed by atoms with Gasteiger partial charge in [-0.1, -0.05) is 6.07 Å². The summed E-state index contributed by atoms with van der Waals surface area (Å²) in [6, 6.07) is 3.66. The number of rotatable bonds is 3. The maximum Gasteiger partial charge on any atom is 0.235 e. The Bertz CT molecular complexity index is 640. The molecule has 0 aliphatic rings. The van der Waals surface area contributed by atoms with Gasteiger partial charge in [0.25, 0.3) is 0 Å². The predicted octanol–water partition coefficient (Wildman–Crippen LogP) is 3.31. The van der Waals surface area contributed by atoms with Crippen molar-refractivity contribution in [3.8, 4) is 5.75 Å². The first kappa shape index (κ1) is 12.2. The monoisotopic (exact) mass is 247 g/mol. The highest BCUT2D eigenvalue weighted by molar-refractivity contribution is 5.90. The number of aryl methyl sites for hydroxylation is 2. The molecule has 5 nitrogen and oxygen atoms in total. The minimum Gasteiger partial charge on any atom is -0.492 e. The lowest BCUT2D eigenvalue weighted by molar-refractivity contribution is -0.400. The van der Waals surface area contributed by atoms with Gasteiger partial charge in [0, 0.05) is 17.0 Å². The van der Waals surface area contributed by atoms with Gasteiger partial charge in [0.2, 0.25) is 6.20 Å². The van der Waals surface area contributed by atoms with Gasteiger partial charge >= 0.3 is 0 Å². The van der Waals surface area contributed by atoms with Crippen molar-refractivity contribution in [2.75, 3.05) is 7.11 Å². The summed E-state index contributed by atoms with van der Waals surface area (Å²) >= 11 is 0. The van der Waals surface area contributed by atoms with Crippen LogP contribution in [0.25, 0.3) is 17.0 Å². The zero-order chi connectivity index (χ0) is 13.3. The number of benzene rings is 1. The van der Waals surface area contributed by atoms with Gasteiger partial charge in [-0.05, 0) is 25.5 Å². The summed E-state index contributed by atoms with van der Waals surface area (Å²) in [6.07, 6.45) is 2.28. The number of nitrogens with zero attached hydrogens (tertiary/aromatic N) is 1. The molecule has 5 heteroatoms. The average molecular weight is 247 g/mol. The van der Waals surface area contributed by atoms with E-state index in [1.165, 1.54) is 13.2 Å². The SMILES string of the molecule is COc1c(/C=C/[N+](=O)[O-])ccc2c(C)c(C)oc12. The molecular formula is C13H13NO4. The van der Waals surface area contributed by atoms with E-state index in [4.69, 9.17) is 9.15 Å². The van der Waals surface area contributed by atoms with E-state index >= 15 is 0 Å². The lowest BCUT2D eigenvalue weighted by atomic mass is 10.1. The van der Waals surface area contributed by atoms with Crippen LogP contribution in [0.2, 0.25) is 0 Å². The second-order valence-corrected chi connectivity index (χ2v) is 3.95. The maximum atomic E-state index is 10.3. The first-order valence-electron chi connectivity index (χ1n) is 5.43. The summed E-state index contributed by atoms with van der Waals surface area (Å²) in [5.74, 6) is 1.33. The minimum absolute atomic E-state index is 0.512. The highest BCUT2D eigenvalue weighted by atomic mass is 16.6. The molecule has 1 aromatic carbocycles. The molecule has 0 aliphatic heterocycles. The van der Waals surface area contributed by atoms with Crippen LogP contribution in [0.5, 0.6) is 5.75 Å². The smallest absolute Gasteiger partial charge is 0.235 e. The molecule has 0 unspecified atom stereocenters. The normalized spacial score (nSPS) is 11.3. The van der Waals surface area contributed by atoms with Crippen LogP contribution in [0.15, 0.2) is 22.7 Å². The molecule has 2 rings (SSSR count). The van der Waals surface area contributed by atoms with Crippen molar-refractivity contribution in [1.29, 1.82) is 0 Å². The van der Waals surface area contributed by atoms with Crippen molar-refractivity contribution in [1.82, 2.24) is 0 Å². The number of hydrogen-bond acceptors (Lipinski definition) is 4. The number of ether oxygens (including phenoxy) is 1. The molecular weight excluding hydrogens is 234 g/mol. The minimum atomic E-state index is -0.512. The fourth-order valence-electron chi connectivity index (χ4n) is 1.88. The molecule has 0 saturated carbocycles. The molecule has 0 atom stereocenters. The van der Waals surface area contributed by atoms with Gasteiger partial charge in [-0.2, -0.15) is 0 Å². The Hall–Kier alpha value is -2.30. The van der Waals surface area contributed by atoms with Crippen LogP contribution >= 0.6 is 0 Å². The Morgan fingerprint density at radius 3 is 2.72 bits per heavy atom. The van der Waals surface area contributed by atoms with Crippen LogP contribution in [-0.2, 0) is 0 Å². The van der Waals surface area contributed by atoms with E-state index in [0.29, 0.717) is 16.9 Å². The third-order valence-electron chi connectivity index (χ3n) is 2.91. The Balaban J connectivity index is 2.66. The quantitative estimate of drug-likeness (QED) is 0.616. The van der Waals surface area contributed by atoms with Crippen LogP contribution in [0.1, 0.15) is 16.9 Å². The number of furan rings is 1. The van der Waals surface area contributed by atoms with E-state index in [1.807, 2.05) is 19.9 Å². The van der Waals surface area contributed by atoms with Crippen molar-refractivity contribution in [2.45, 2.75) is 13.8 Å². The average Bonchev–Trinajstić information content (AvgIpc) is 2.62. The molecule has 18 heavy (non-hydrogen) atoms. The van der Waals surface area contributed by atoms with Crippen LogP contribution in [0, 0.1) is 24.0 Å².